The molecule has 2 aliphatic rings. The second-order valence-electron chi connectivity index (χ2n) is 8.99. The summed E-state index contributed by atoms with van der Waals surface area (Å²) in [5.74, 6) is -11.3. The van der Waals surface area contributed by atoms with E-state index in [9.17, 15) is 22.0 Å². The molecule has 0 aliphatic heterocycles. The Morgan fingerprint density at radius 2 is 1.35 bits per heavy atom. The Balaban J connectivity index is 1.63. The third kappa shape index (κ3) is 3.66. The molecular weight excluding hydrogens is 414 g/mol. The number of hydrogen-bond donors (Lipinski definition) is 0. The van der Waals surface area contributed by atoms with Crippen molar-refractivity contribution in [2.24, 2.45) is 11.8 Å². The summed E-state index contributed by atoms with van der Waals surface area (Å²) in [4.78, 5) is 0. The molecule has 0 aromatic heterocycles. The van der Waals surface area contributed by atoms with E-state index in [1.54, 1.807) is 0 Å². The lowest BCUT2D eigenvalue weighted by atomic mass is 9.77. The Hall–Kier alpha value is -1.98. The van der Waals surface area contributed by atoms with E-state index in [2.05, 4.69) is 6.92 Å². The standard InChI is InChI=1S/C25H26F6/c1-2-4-15-7-9-16(10-8-15)11-12-17-13-14-19-18-5-3-6-20(26)21(18)24(28,29)25(30,31)22(19)23(17)27/h3,5-6,13-16H,2,4,7-12H2,1H3. The quantitative estimate of drug-likeness (QED) is 0.410. The average Bonchev–Trinajstić information content (AvgIpc) is 2.72. The van der Waals surface area contributed by atoms with E-state index >= 15 is 4.39 Å². The molecule has 0 spiro atoms. The smallest absolute Gasteiger partial charge is 0.206 e. The summed E-state index contributed by atoms with van der Waals surface area (Å²) in [5.41, 5.74) is -3.43. The van der Waals surface area contributed by atoms with E-state index in [1.807, 2.05) is 0 Å². The van der Waals surface area contributed by atoms with Crippen LogP contribution >= 0.6 is 0 Å². The number of alkyl halides is 4. The van der Waals surface area contributed by atoms with Gasteiger partial charge in [-0.05, 0) is 47.4 Å². The molecule has 0 atom stereocenters. The van der Waals surface area contributed by atoms with Crippen LogP contribution in [0.2, 0.25) is 0 Å². The fourth-order valence-corrected chi connectivity index (χ4v) is 5.30. The lowest BCUT2D eigenvalue weighted by Gasteiger charge is -2.35. The largest absolute Gasteiger partial charge is 0.343 e. The summed E-state index contributed by atoms with van der Waals surface area (Å²) in [7, 11) is 0. The summed E-state index contributed by atoms with van der Waals surface area (Å²) >= 11 is 0. The average molecular weight is 440 g/mol. The van der Waals surface area contributed by atoms with Crippen molar-refractivity contribution in [3.05, 3.63) is 58.7 Å². The monoisotopic (exact) mass is 440 g/mol. The van der Waals surface area contributed by atoms with Crippen molar-refractivity contribution in [2.45, 2.75) is 70.1 Å². The van der Waals surface area contributed by atoms with Crippen LogP contribution in [0.1, 0.15) is 68.6 Å². The summed E-state index contributed by atoms with van der Waals surface area (Å²) in [6, 6.07) is 5.62. The van der Waals surface area contributed by atoms with Crippen molar-refractivity contribution in [1.82, 2.24) is 0 Å². The van der Waals surface area contributed by atoms with Gasteiger partial charge in [-0.15, -0.1) is 0 Å². The van der Waals surface area contributed by atoms with Crippen LogP contribution in [0.4, 0.5) is 26.3 Å². The third-order valence-electron chi connectivity index (χ3n) is 7.03. The minimum atomic E-state index is -4.84. The topological polar surface area (TPSA) is 0 Å². The first kappa shape index (κ1) is 22.2. The second kappa shape index (κ2) is 8.18. The van der Waals surface area contributed by atoms with Gasteiger partial charge >= 0.3 is 11.8 Å². The van der Waals surface area contributed by atoms with Crippen LogP contribution in [-0.2, 0) is 18.3 Å². The molecule has 2 aliphatic carbocycles. The molecule has 0 amide bonds. The molecule has 6 heteroatoms. The highest BCUT2D eigenvalue weighted by atomic mass is 19.3. The highest BCUT2D eigenvalue weighted by Gasteiger charge is 2.65. The fraction of sp³-hybridized carbons (Fsp3) is 0.520. The highest BCUT2D eigenvalue weighted by Crippen LogP contribution is 2.59. The van der Waals surface area contributed by atoms with Crippen molar-refractivity contribution >= 4 is 0 Å². The molecule has 0 unspecified atom stereocenters. The molecule has 0 radical (unpaired) electrons. The van der Waals surface area contributed by atoms with Crippen LogP contribution in [0.3, 0.4) is 0 Å². The van der Waals surface area contributed by atoms with Gasteiger partial charge in [-0.1, -0.05) is 69.7 Å². The molecule has 0 N–H and O–H groups in total. The van der Waals surface area contributed by atoms with Crippen molar-refractivity contribution in [2.75, 3.05) is 0 Å². The maximum Gasteiger partial charge on any atom is 0.343 e. The van der Waals surface area contributed by atoms with E-state index in [-0.39, 0.29) is 23.1 Å². The predicted molar refractivity (Wildman–Crippen MR) is 108 cm³/mol. The summed E-state index contributed by atoms with van der Waals surface area (Å²) < 4.78 is 88.2. The molecule has 31 heavy (non-hydrogen) atoms. The molecule has 168 valence electrons. The van der Waals surface area contributed by atoms with Crippen LogP contribution in [0.15, 0.2) is 30.3 Å². The molecule has 2 aromatic rings. The van der Waals surface area contributed by atoms with Crippen molar-refractivity contribution in [3.8, 4) is 11.1 Å². The van der Waals surface area contributed by atoms with Crippen LogP contribution in [0.25, 0.3) is 11.1 Å². The van der Waals surface area contributed by atoms with Gasteiger partial charge < -0.3 is 0 Å². The Morgan fingerprint density at radius 1 is 0.774 bits per heavy atom. The Bertz CT molecular complexity index is 957. The van der Waals surface area contributed by atoms with Gasteiger partial charge in [0.25, 0.3) is 0 Å². The Labute approximate surface area is 178 Å². The maximum atomic E-state index is 15.2. The van der Waals surface area contributed by atoms with Crippen molar-refractivity contribution in [1.29, 1.82) is 0 Å². The maximum absolute atomic E-state index is 15.2. The minimum Gasteiger partial charge on any atom is -0.206 e. The van der Waals surface area contributed by atoms with E-state index < -0.39 is 34.6 Å². The van der Waals surface area contributed by atoms with Gasteiger partial charge in [0.2, 0.25) is 0 Å². The molecule has 0 heterocycles. The number of hydrogen-bond acceptors (Lipinski definition) is 0. The first-order valence-electron chi connectivity index (χ1n) is 11.0. The normalized spacial score (nSPS) is 23.8. The molecule has 0 bridgehead atoms. The Morgan fingerprint density at radius 3 is 2.00 bits per heavy atom. The molecular formula is C25H26F6. The molecule has 1 fully saturated rings. The molecule has 0 nitrogen and oxygen atoms in total. The molecule has 2 aromatic carbocycles. The predicted octanol–water partition coefficient (Wildman–Crippen LogP) is 8.37. The number of aryl methyl sites for hydroxylation is 1. The summed E-state index contributed by atoms with van der Waals surface area (Å²) in [6.07, 6.45) is 7.52. The summed E-state index contributed by atoms with van der Waals surface area (Å²) in [6.45, 7) is 2.16. The SMILES string of the molecule is CCCC1CCC(CCc2ccc3c(c2F)C(F)(F)C(F)(F)c2c(F)cccc2-3)CC1. The van der Waals surface area contributed by atoms with Crippen LogP contribution in [0.5, 0.6) is 0 Å². The summed E-state index contributed by atoms with van der Waals surface area (Å²) in [5, 5.41) is 0. The number of fused-ring (bicyclic) bond motifs is 3. The first-order valence-corrected chi connectivity index (χ1v) is 11.0. The molecule has 0 saturated heterocycles. The fourth-order valence-electron chi connectivity index (χ4n) is 5.30. The lowest BCUT2D eigenvalue weighted by Crippen LogP contribution is -2.41. The second-order valence-corrected chi connectivity index (χ2v) is 8.99. The third-order valence-corrected chi connectivity index (χ3v) is 7.03. The zero-order chi connectivity index (χ0) is 22.4. The van der Waals surface area contributed by atoms with Crippen LogP contribution < -0.4 is 0 Å². The zero-order valence-electron chi connectivity index (χ0n) is 17.5. The zero-order valence-corrected chi connectivity index (χ0v) is 17.5. The van der Waals surface area contributed by atoms with Gasteiger partial charge in [-0.3, -0.25) is 0 Å². The van der Waals surface area contributed by atoms with Crippen LogP contribution in [-0.4, -0.2) is 0 Å². The molecule has 1 saturated carbocycles. The number of benzene rings is 2. The van der Waals surface area contributed by atoms with Gasteiger partial charge in [-0.2, -0.15) is 17.6 Å². The van der Waals surface area contributed by atoms with E-state index in [0.29, 0.717) is 18.4 Å². The van der Waals surface area contributed by atoms with Gasteiger partial charge in [0, 0.05) is 0 Å². The Kier molecular flexibility index (Phi) is 5.86. The number of halogens is 6. The lowest BCUT2D eigenvalue weighted by molar-refractivity contribution is -0.227. The highest BCUT2D eigenvalue weighted by molar-refractivity contribution is 5.76. The minimum absolute atomic E-state index is 0.0183. The van der Waals surface area contributed by atoms with E-state index in [1.165, 1.54) is 18.6 Å². The van der Waals surface area contributed by atoms with E-state index in [0.717, 1.165) is 50.2 Å². The van der Waals surface area contributed by atoms with Gasteiger partial charge in [0.1, 0.15) is 11.6 Å². The molecule has 4 rings (SSSR count). The number of rotatable bonds is 5. The van der Waals surface area contributed by atoms with Crippen molar-refractivity contribution < 1.29 is 26.3 Å². The van der Waals surface area contributed by atoms with Gasteiger partial charge in [0.05, 0.1) is 11.1 Å². The first-order chi connectivity index (χ1) is 14.7. The van der Waals surface area contributed by atoms with E-state index in [4.69, 9.17) is 0 Å². The van der Waals surface area contributed by atoms with Crippen LogP contribution in [0, 0.1) is 23.5 Å². The van der Waals surface area contributed by atoms with Gasteiger partial charge in [0.15, 0.2) is 0 Å². The van der Waals surface area contributed by atoms with Gasteiger partial charge in [-0.25, -0.2) is 8.78 Å². The van der Waals surface area contributed by atoms with Crippen molar-refractivity contribution in [3.63, 3.8) is 0 Å².